The minimum atomic E-state index is -1.05. The molecule has 3 rings (SSSR count). The Morgan fingerprint density at radius 2 is 1.33 bits per heavy atom. The zero-order valence-corrected chi connectivity index (χ0v) is 14.7. The summed E-state index contributed by atoms with van der Waals surface area (Å²) in [5, 5.41) is 6.79. The van der Waals surface area contributed by atoms with E-state index in [9.17, 15) is 9.59 Å². The van der Waals surface area contributed by atoms with E-state index in [1.165, 1.54) is 0 Å². The maximum absolute atomic E-state index is 12.5. The third-order valence-electron chi connectivity index (χ3n) is 3.90. The molecule has 124 valence electrons. The molecule has 0 aromatic heterocycles. The number of rotatable bonds is 4. The maximum atomic E-state index is 12.5. The van der Waals surface area contributed by atoms with Gasteiger partial charge in [-0.15, -0.1) is 0 Å². The van der Waals surface area contributed by atoms with Crippen LogP contribution in [-0.2, 0) is 9.59 Å². The van der Waals surface area contributed by atoms with Crippen molar-refractivity contribution < 1.29 is 9.59 Å². The van der Waals surface area contributed by atoms with E-state index in [0.29, 0.717) is 39.3 Å². The van der Waals surface area contributed by atoms with Gasteiger partial charge in [-0.3, -0.25) is 9.59 Å². The second-order valence-corrected chi connectivity index (χ2v) is 6.88. The van der Waals surface area contributed by atoms with E-state index >= 15 is 0 Å². The van der Waals surface area contributed by atoms with E-state index in [-0.39, 0.29) is 11.8 Å². The van der Waals surface area contributed by atoms with Crippen molar-refractivity contribution in [1.82, 2.24) is 0 Å². The number of carbonyl (C=O) groups excluding carboxylic acids is 2. The van der Waals surface area contributed by atoms with Crippen LogP contribution in [0.15, 0.2) is 42.5 Å². The first kappa shape index (κ1) is 17.1. The summed E-state index contributed by atoms with van der Waals surface area (Å²) >= 11 is 17.6. The lowest BCUT2D eigenvalue weighted by atomic mass is 10.0. The maximum Gasteiger partial charge on any atom is 0.240 e. The van der Waals surface area contributed by atoms with Gasteiger partial charge in [0.05, 0.1) is 10.0 Å². The van der Waals surface area contributed by atoms with Crippen molar-refractivity contribution >= 4 is 58.0 Å². The van der Waals surface area contributed by atoms with Crippen molar-refractivity contribution in [2.24, 2.45) is 5.41 Å². The highest BCUT2D eigenvalue weighted by atomic mass is 35.5. The van der Waals surface area contributed by atoms with Gasteiger partial charge >= 0.3 is 0 Å². The van der Waals surface area contributed by atoms with Crippen LogP contribution in [0.3, 0.4) is 0 Å². The van der Waals surface area contributed by atoms with Crippen molar-refractivity contribution in [1.29, 1.82) is 0 Å². The smallest absolute Gasteiger partial charge is 0.240 e. The van der Waals surface area contributed by atoms with Crippen LogP contribution < -0.4 is 10.6 Å². The molecular weight excluding hydrogens is 371 g/mol. The molecule has 1 aliphatic rings. The van der Waals surface area contributed by atoms with E-state index in [1.807, 2.05) is 0 Å². The van der Waals surface area contributed by atoms with Crippen LogP contribution in [0.25, 0.3) is 0 Å². The molecule has 0 bridgehead atoms. The zero-order valence-electron chi connectivity index (χ0n) is 12.4. The van der Waals surface area contributed by atoms with E-state index in [4.69, 9.17) is 34.8 Å². The third kappa shape index (κ3) is 3.51. The Morgan fingerprint density at radius 3 is 1.88 bits per heavy atom. The number of amides is 2. The van der Waals surface area contributed by atoms with Gasteiger partial charge in [-0.25, -0.2) is 0 Å². The van der Waals surface area contributed by atoms with Crippen LogP contribution in [0.5, 0.6) is 0 Å². The van der Waals surface area contributed by atoms with Crippen LogP contribution in [0, 0.1) is 5.41 Å². The molecule has 2 aromatic carbocycles. The highest BCUT2D eigenvalue weighted by Gasteiger charge is 2.56. The van der Waals surface area contributed by atoms with Crippen molar-refractivity contribution in [2.75, 3.05) is 10.6 Å². The summed E-state index contributed by atoms with van der Waals surface area (Å²) in [7, 11) is 0. The normalized spacial score (nSPS) is 14.8. The zero-order chi connectivity index (χ0) is 17.3. The first-order chi connectivity index (χ1) is 11.4. The summed E-state index contributed by atoms with van der Waals surface area (Å²) in [6.07, 6.45) is 0.999. The van der Waals surface area contributed by atoms with Crippen molar-refractivity contribution in [3.05, 3.63) is 57.5 Å². The Labute approximate surface area is 154 Å². The van der Waals surface area contributed by atoms with Crippen molar-refractivity contribution in [3.8, 4) is 0 Å². The van der Waals surface area contributed by atoms with Crippen LogP contribution in [0.4, 0.5) is 11.4 Å². The molecule has 0 saturated heterocycles. The average Bonchev–Trinajstić information content (AvgIpc) is 3.35. The van der Waals surface area contributed by atoms with Crippen molar-refractivity contribution in [3.63, 3.8) is 0 Å². The SMILES string of the molecule is O=C(Nc1ccc(Cl)cc1)C1(C(=O)Nc2ccc(Cl)c(Cl)c2)CC1. The first-order valence-electron chi connectivity index (χ1n) is 7.24. The molecule has 0 unspecified atom stereocenters. The molecule has 1 saturated carbocycles. The van der Waals surface area contributed by atoms with Crippen LogP contribution in [0.1, 0.15) is 12.8 Å². The molecule has 2 aromatic rings. The molecule has 1 aliphatic carbocycles. The van der Waals surface area contributed by atoms with Crippen molar-refractivity contribution in [2.45, 2.75) is 12.8 Å². The minimum Gasteiger partial charge on any atom is -0.325 e. The highest BCUT2D eigenvalue weighted by Crippen LogP contribution is 2.47. The molecule has 0 heterocycles. The van der Waals surface area contributed by atoms with Gasteiger partial charge in [0.15, 0.2) is 0 Å². The highest BCUT2D eigenvalue weighted by molar-refractivity contribution is 6.42. The van der Waals surface area contributed by atoms with Gasteiger partial charge in [0.25, 0.3) is 0 Å². The van der Waals surface area contributed by atoms with Crippen LogP contribution in [0.2, 0.25) is 15.1 Å². The van der Waals surface area contributed by atoms with Gasteiger partial charge < -0.3 is 10.6 Å². The van der Waals surface area contributed by atoms with Gasteiger partial charge in [0.1, 0.15) is 5.41 Å². The predicted octanol–water partition coefficient (Wildman–Crippen LogP) is 5.00. The number of carbonyl (C=O) groups is 2. The molecule has 0 radical (unpaired) electrons. The van der Waals surface area contributed by atoms with Crippen LogP contribution in [-0.4, -0.2) is 11.8 Å². The fourth-order valence-corrected chi connectivity index (χ4v) is 2.71. The number of anilines is 2. The van der Waals surface area contributed by atoms with E-state index < -0.39 is 5.41 Å². The standard InChI is InChI=1S/C17H13Cl3N2O2/c18-10-1-3-11(4-2-10)21-15(23)17(7-8-17)16(24)22-12-5-6-13(19)14(20)9-12/h1-6,9H,7-8H2,(H,21,23)(H,22,24). The molecule has 0 aliphatic heterocycles. The number of nitrogens with one attached hydrogen (secondary N) is 2. The lowest BCUT2D eigenvalue weighted by Crippen LogP contribution is -2.35. The monoisotopic (exact) mass is 382 g/mol. The molecular formula is C17H13Cl3N2O2. The van der Waals surface area contributed by atoms with Gasteiger partial charge in [-0.2, -0.15) is 0 Å². The Bertz CT molecular complexity index is 802. The second kappa shape index (κ2) is 6.63. The van der Waals surface area contributed by atoms with Crippen LogP contribution >= 0.6 is 34.8 Å². The van der Waals surface area contributed by atoms with E-state index in [2.05, 4.69) is 10.6 Å². The largest absolute Gasteiger partial charge is 0.325 e. The molecule has 4 nitrogen and oxygen atoms in total. The summed E-state index contributed by atoms with van der Waals surface area (Å²) in [5.41, 5.74) is 0.0455. The fourth-order valence-electron chi connectivity index (χ4n) is 2.29. The molecule has 24 heavy (non-hydrogen) atoms. The number of hydrogen-bond donors (Lipinski definition) is 2. The molecule has 0 atom stereocenters. The van der Waals surface area contributed by atoms with E-state index in [0.717, 1.165) is 0 Å². The Morgan fingerprint density at radius 1 is 0.792 bits per heavy atom. The number of halogens is 3. The summed E-state index contributed by atoms with van der Waals surface area (Å²) in [5.74, 6) is -0.685. The van der Waals surface area contributed by atoms with Gasteiger partial charge in [-0.1, -0.05) is 34.8 Å². The molecule has 1 fully saturated rings. The lowest BCUT2D eigenvalue weighted by molar-refractivity contribution is -0.131. The average molecular weight is 384 g/mol. The topological polar surface area (TPSA) is 58.2 Å². The predicted molar refractivity (Wildman–Crippen MR) is 96.8 cm³/mol. The van der Waals surface area contributed by atoms with Gasteiger partial charge in [0, 0.05) is 16.4 Å². The van der Waals surface area contributed by atoms with Gasteiger partial charge in [-0.05, 0) is 55.3 Å². The molecule has 2 amide bonds. The summed E-state index contributed by atoms with van der Waals surface area (Å²) in [4.78, 5) is 25.0. The Hall–Kier alpha value is -1.75. The lowest BCUT2D eigenvalue weighted by Gasteiger charge is -2.16. The number of hydrogen-bond acceptors (Lipinski definition) is 2. The Kier molecular flexibility index (Phi) is 4.72. The molecule has 0 spiro atoms. The summed E-state index contributed by atoms with van der Waals surface area (Å²) in [6, 6.07) is 11.5. The second-order valence-electron chi connectivity index (χ2n) is 5.63. The quantitative estimate of drug-likeness (QED) is 0.730. The minimum absolute atomic E-state index is 0.331. The molecule has 2 N–H and O–H groups in total. The fraction of sp³-hybridized carbons (Fsp3) is 0.176. The molecule has 7 heteroatoms. The summed E-state index contributed by atoms with van der Waals surface area (Å²) in [6.45, 7) is 0. The Balaban J connectivity index is 1.70. The summed E-state index contributed by atoms with van der Waals surface area (Å²) < 4.78 is 0. The van der Waals surface area contributed by atoms with E-state index in [1.54, 1.807) is 42.5 Å². The third-order valence-corrected chi connectivity index (χ3v) is 4.89. The first-order valence-corrected chi connectivity index (χ1v) is 8.38. The van der Waals surface area contributed by atoms with Gasteiger partial charge in [0.2, 0.25) is 11.8 Å². The number of benzene rings is 2.